The quantitative estimate of drug-likeness (QED) is 0.738. The molecule has 0 bridgehead atoms. The van der Waals surface area contributed by atoms with Crippen LogP contribution in [0.3, 0.4) is 0 Å². The monoisotopic (exact) mass is 333 g/mol. The molecule has 6 heteroatoms. The zero-order valence-electron chi connectivity index (χ0n) is 14.5. The van der Waals surface area contributed by atoms with Crippen LogP contribution in [0.2, 0.25) is 0 Å². The number of para-hydroxylation sites is 1. The first-order valence-electron chi connectivity index (χ1n) is 8.58. The predicted molar refractivity (Wildman–Crippen MR) is 94.9 cm³/mol. The van der Waals surface area contributed by atoms with Gasteiger partial charge in [0.05, 0.1) is 18.5 Å². The summed E-state index contributed by atoms with van der Waals surface area (Å²) in [7, 11) is 1.70. The van der Waals surface area contributed by atoms with E-state index in [1.165, 1.54) is 11.3 Å². The largest absolute Gasteiger partial charge is 0.494 e. The number of fused-ring (bicyclic) bond motifs is 2. The lowest BCUT2D eigenvalue weighted by Gasteiger charge is -2.03. The minimum Gasteiger partial charge on any atom is -0.494 e. The lowest BCUT2D eigenvalue weighted by Crippen LogP contribution is -2.03. The lowest BCUT2D eigenvalue weighted by molar-refractivity contribution is 0.416. The van der Waals surface area contributed by atoms with Crippen molar-refractivity contribution in [3.05, 3.63) is 47.2 Å². The number of hydrogen-bond acceptors (Lipinski definition) is 5. The molecule has 1 aromatic carbocycles. The molecule has 2 atom stereocenters. The van der Waals surface area contributed by atoms with Crippen molar-refractivity contribution in [3.8, 4) is 5.75 Å². The molecule has 0 amide bonds. The number of hydrogen-bond donors (Lipinski definition) is 0. The van der Waals surface area contributed by atoms with Crippen molar-refractivity contribution in [2.75, 3.05) is 7.11 Å². The molecule has 0 spiro atoms. The Labute approximate surface area is 145 Å². The van der Waals surface area contributed by atoms with E-state index >= 15 is 0 Å². The number of rotatable bonds is 3. The fraction of sp³-hybridized carbons (Fsp3) is 0.368. The van der Waals surface area contributed by atoms with Crippen LogP contribution in [-0.4, -0.2) is 32.4 Å². The van der Waals surface area contributed by atoms with Crippen LogP contribution in [-0.2, 0) is 6.42 Å². The summed E-state index contributed by atoms with van der Waals surface area (Å²) < 4.78 is 7.35. The molecule has 0 saturated heterocycles. The summed E-state index contributed by atoms with van der Waals surface area (Å²) in [6.45, 7) is 3.98. The first kappa shape index (κ1) is 14.6. The third-order valence-electron chi connectivity index (χ3n) is 5.21. The highest BCUT2D eigenvalue weighted by atomic mass is 16.5. The van der Waals surface area contributed by atoms with Crippen molar-refractivity contribution >= 4 is 17.0 Å². The number of nitrogens with zero attached hydrogens (tertiary/aromatic N) is 5. The third kappa shape index (κ3) is 2.17. The molecule has 1 aliphatic carbocycles. The second-order valence-corrected chi connectivity index (χ2v) is 6.89. The number of aromatic nitrogens is 4. The van der Waals surface area contributed by atoms with Crippen molar-refractivity contribution in [2.24, 2.45) is 10.9 Å². The van der Waals surface area contributed by atoms with Gasteiger partial charge in [-0.05, 0) is 31.9 Å². The van der Waals surface area contributed by atoms with E-state index in [0.29, 0.717) is 11.8 Å². The molecule has 2 aromatic heterocycles. The number of benzene rings is 1. The number of methoxy groups -OCH3 is 1. The number of aliphatic imine (C=N–C) groups is 1. The molecule has 6 nitrogen and oxygen atoms in total. The van der Waals surface area contributed by atoms with E-state index in [9.17, 15) is 0 Å². The summed E-state index contributed by atoms with van der Waals surface area (Å²) in [5.74, 6) is 2.56. The highest BCUT2D eigenvalue weighted by Crippen LogP contribution is 2.51. The third-order valence-corrected chi connectivity index (χ3v) is 5.21. The van der Waals surface area contributed by atoms with Crippen molar-refractivity contribution in [2.45, 2.75) is 32.6 Å². The Morgan fingerprint density at radius 2 is 2.08 bits per heavy atom. The van der Waals surface area contributed by atoms with Crippen molar-refractivity contribution < 1.29 is 4.74 Å². The summed E-state index contributed by atoms with van der Waals surface area (Å²) in [5, 5.41) is 4.73. The molecule has 1 fully saturated rings. The number of ether oxygens (including phenoxy) is 1. The minimum atomic E-state index is 0.359. The van der Waals surface area contributed by atoms with Crippen LogP contribution >= 0.6 is 0 Å². The minimum absolute atomic E-state index is 0.359. The van der Waals surface area contributed by atoms with E-state index in [1.807, 2.05) is 36.7 Å². The lowest BCUT2D eigenvalue weighted by atomic mass is 10.1. The maximum absolute atomic E-state index is 5.44. The van der Waals surface area contributed by atoms with E-state index < -0.39 is 0 Å². The van der Waals surface area contributed by atoms with Crippen LogP contribution in [0.5, 0.6) is 5.75 Å². The Hall–Kier alpha value is -2.76. The van der Waals surface area contributed by atoms with Gasteiger partial charge in [-0.1, -0.05) is 12.1 Å². The van der Waals surface area contributed by atoms with Gasteiger partial charge in [0.15, 0.2) is 11.5 Å². The second-order valence-electron chi connectivity index (χ2n) is 6.89. The van der Waals surface area contributed by atoms with Crippen molar-refractivity contribution in [1.82, 2.24) is 19.6 Å². The van der Waals surface area contributed by atoms with Crippen LogP contribution in [0.25, 0.3) is 5.65 Å². The van der Waals surface area contributed by atoms with E-state index in [0.717, 1.165) is 47.1 Å². The van der Waals surface area contributed by atoms with Crippen LogP contribution in [0.4, 0.5) is 5.69 Å². The SMILES string of the molecule is COc1cccc2c1N=C(C1CC1c1nc3c(C)ncc(C)n3n1)C2. The molecule has 5 rings (SSSR count). The molecule has 3 aromatic rings. The molecular weight excluding hydrogens is 314 g/mol. The Kier molecular flexibility index (Phi) is 2.98. The Bertz CT molecular complexity index is 997. The fourth-order valence-corrected chi connectivity index (χ4v) is 3.71. The van der Waals surface area contributed by atoms with E-state index in [-0.39, 0.29) is 0 Å². The van der Waals surface area contributed by atoms with Crippen LogP contribution in [0.1, 0.15) is 35.1 Å². The average molecular weight is 333 g/mol. The van der Waals surface area contributed by atoms with Gasteiger partial charge in [0, 0.05) is 30.2 Å². The molecule has 3 heterocycles. The molecular formula is C19H19N5O. The smallest absolute Gasteiger partial charge is 0.177 e. The van der Waals surface area contributed by atoms with Crippen molar-refractivity contribution in [3.63, 3.8) is 0 Å². The molecule has 2 aliphatic rings. The van der Waals surface area contributed by atoms with Gasteiger partial charge in [0.2, 0.25) is 0 Å². The molecule has 1 saturated carbocycles. The fourth-order valence-electron chi connectivity index (χ4n) is 3.71. The van der Waals surface area contributed by atoms with Crippen LogP contribution in [0, 0.1) is 19.8 Å². The highest BCUT2D eigenvalue weighted by molar-refractivity contribution is 5.99. The maximum atomic E-state index is 5.44. The Morgan fingerprint density at radius 1 is 1.20 bits per heavy atom. The maximum Gasteiger partial charge on any atom is 0.177 e. The molecule has 0 N–H and O–H groups in total. The number of aryl methyl sites for hydroxylation is 2. The average Bonchev–Trinajstić information content (AvgIpc) is 3.09. The zero-order chi connectivity index (χ0) is 17.1. The Balaban J connectivity index is 1.45. The van der Waals surface area contributed by atoms with E-state index in [2.05, 4.69) is 11.1 Å². The summed E-state index contributed by atoms with van der Waals surface area (Å²) in [5.41, 5.74) is 6.25. The molecule has 0 radical (unpaired) electrons. The van der Waals surface area contributed by atoms with Gasteiger partial charge >= 0.3 is 0 Å². The summed E-state index contributed by atoms with van der Waals surface area (Å²) in [4.78, 5) is 14.0. The molecule has 126 valence electrons. The van der Waals surface area contributed by atoms with Gasteiger partial charge in [-0.25, -0.2) is 9.50 Å². The summed E-state index contributed by atoms with van der Waals surface area (Å²) in [6.07, 6.45) is 3.81. The van der Waals surface area contributed by atoms with Crippen molar-refractivity contribution in [1.29, 1.82) is 0 Å². The summed E-state index contributed by atoms with van der Waals surface area (Å²) in [6, 6.07) is 6.13. The zero-order valence-corrected chi connectivity index (χ0v) is 14.5. The van der Waals surface area contributed by atoms with Gasteiger partial charge < -0.3 is 4.74 Å². The predicted octanol–water partition coefficient (Wildman–Crippen LogP) is 3.18. The molecule has 1 aliphatic heterocycles. The van der Waals surface area contributed by atoms with Gasteiger partial charge in [0.25, 0.3) is 0 Å². The topological polar surface area (TPSA) is 64.7 Å². The van der Waals surface area contributed by atoms with Gasteiger partial charge in [0.1, 0.15) is 11.4 Å². The summed E-state index contributed by atoms with van der Waals surface area (Å²) >= 11 is 0. The van der Waals surface area contributed by atoms with Crippen LogP contribution in [0.15, 0.2) is 29.4 Å². The standard InChI is InChI=1S/C19H19N5O/c1-10-9-20-11(2)19-22-18(23-24(10)19)14-8-13(14)15-7-12-5-4-6-16(25-3)17(12)21-15/h4-6,9,13-14H,7-8H2,1-3H3. The van der Waals surface area contributed by atoms with Gasteiger partial charge in [-0.3, -0.25) is 9.98 Å². The van der Waals surface area contributed by atoms with E-state index in [1.54, 1.807) is 7.11 Å². The van der Waals surface area contributed by atoms with Crippen LogP contribution < -0.4 is 4.74 Å². The second kappa shape index (κ2) is 5.12. The van der Waals surface area contributed by atoms with E-state index in [4.69, 9.17) is 19.8 Å². The molecule has 25 heavy (non-hydrogen) atoms. The normalized spacial score (nSPS) is 21.3. The van der Waals surface area contributed by atoms with Gasteiger partial charge in [-0.2, -0.15) is 5.10 Å². The first-order valence-corrected chi connectivity index (χ1v) is 8.58. The Morgan fingerprint density at radius 3 is 2.88 bits per heavy atom. The van der Waals surface area contributed by atoms with Gasteiger partial charge in [-0.15, -0.1) is 0 Å². The highest BCUT2D eigenvalue weighted by Gasteiger charge is 2.46. The molecule has 2 unspecified atom stereocenters. The first-order chi connectivity index (χ1) is 12.2.